The van der Waals surface area contributed by atoms with Gasteiger partial charge in [-0.1, -0.05) is 0 Å². The molecule has 0 spiro atoms. The number of amides is 1. The predicted molar refractivity (Wildman–Crippen MR) is 75.2 cm³/mol. The molecule has 0 bridgehead atoms. The van der Waals surface area contributed by atoms with Crippen molar-refractivity contribution in [1.29, 1.82) is 0 Å². The average molecular weight is 287 g/mol. The van der Waals surface area contributed by atoms with Crippen LogP contribution in [0, 0.1) is 0 Å². The molecule has 0 aliphatic heterocycles. The van der Waals surface area contributed by atoms with Gasteiger partial charge >= 0.3 is 5.97 Å². The summed E-state index contributed by atoms with van der Waals surface area (Å²) in [5, 5.41) is 2.60. The van der Waals surface area contributed by atoms with Gasteiger partial charge in [0.2, 0.25) is 0 Å². The number of aromatic amines is 1. The van der Waals surface area contributed by atoms with Crippen LogP contribution in [-0.4, -0.2) is 28.5 Å². The molecule has 0 saturated carbocycles. The fourth-order valence-corrected chi connectivity index (χ4v) is 1.57. The van der Waals surface area contributed by atoms with Crippen LogP contribution in [0.1, 0.15) is 27.8 Å². The highest BCUT2D eigenvalue weighted by Gasteiger charge is 2.09. The van der Waals surface area contributed by atoms with E-state index in [9.17, 15) is 14.4 Å². The Balaban J connectivity index is 2.06. The molecule has 0 aliphatic rings. The van der Waals surface area contributed by atoms with Gasteiger partial charge in [0, 0.05) is 11.9 Å². The van der Waals surface area contributed by atoms with Crippen molar-refractivity contribution in [3.8, 4) is 0 Å². The summed E-state index contributed by atoms with van der Waals surface area (Å²) in [5.74, 6) is -0.882. The van der Waals surface area contributed by atoms with Crippen LogP contribution in [0.3, 0.4) is 0 Å². The van der Waals surface area contributed by atoms with Crippen LogP contribution < -0.4 is 10.9 Å². The summed E-state index contributed by atoms with van der Waals surface area (Å²) in [6.45, 7) is 2.03. The van der Waals surface area contributed by atoms with Crippen LogP contribution in [0.2, 0.25) is 0 Å². The summed E-state index contributed by atoms with van der Waals surface area (Å²) in [7, 11) is 0. The summed E-state index contributed by atoms with van der Waals surface area (Å²) in [6.07, 6.45) is 2.25. The van der Waals surface area contributed by atoms with E-state index in [1.807, 2.05) is 0 Å². The summed E-state index contributed by atoms with van der Waals surface area (Å²) >= 11 is 0. The van der Waals surface area contributed by atoms with Crippen molar-refractivity contribution in [2.75, 3.05) is 11.9 Å². The molecule has 1 amide bonds. The molecule has 0 aliphatic carbocycles. The third kappa shape index (κ3) is 3.75. The lowest BCUT2D eigenvalue weighted by atomic mass is 10.2. The van der Waals surface area contributed by atoms with Gasteiger partial charge in [-0.25, -0.2) is 9.78 Å². The third-order valence-corrected chi connectivity index (χ3v) is 2.56. The van der Waals surface area contributed by atoms with Crippen molar-refractivity contribution in [1.82, 2.24) is 9.97 Å². The maximum absolute atomic E-state index is 11.9. The van der Waals surface area contributed by atoms with Gasteiger partial charge in [0.25, 0.3) is 11.5 Å². The number of carbonyl (C=O) groups excluding carboxylic acids is 2. The summed E-state index contributed by atoms with van der Waals surface area (Å²) in [4.78, 5) is 40.3. The molecule has 0 saturated heterocycles. The lowest BCUT2D eigenvalue weighted by Gasteiger charge is -2.06. The fraction of sp³-hybridized carbons (Fsp3) is 0.143. The molecule has 21 heavy (non-hydrogen) atoms. The average Bonchev–Trinajstić information content (AvgIpc) is 2.49. The minimum absolute atomic E-state index is 0.0871. The zero-order valence-corrected chi connectivity index (χ0v) is 11.3. The Labute approximate surface area is 120 Å². The molecule has 108 valence electrons. The Bertz CT molecular complexity index is 686. The maximum atomic E-state index is 11.9. The Hall–Kier alpha value is -2.96. The lowest BCUT2D eigenvalue weighted by molar-refractivity contribution is 0.0526. The molecule has 0 radical (unpaired) electrons. The Morgan fingerprint density at radius 1 is 1.29 bits per heavy atom. The molecule has 7 heteroatoms. The Morgan fingerprint density at radius 3 is 2.57 bits per heavy atom. The van der Waals surface area contributed by atoms with Crippen LogP contribution in [0.4, 0.5) is 5.69 Å². The highest BCUT2D eigenvalue weighted by Crippen LogP contribution is 2.11. The first-order chi connectivity index (χ1) is 10.1. The molecule has 1 aromatic carbocycles. The van der Waals surface area contributed by atoms with E-state index >= 15 is 0 Å². The molecule has 0 unspecified atom stereocenters. The van der Waals surface area contributed by atoms with Crippen molar-refractivity contribution >= 4 is 17.6 Å². The molecule has 0 atom stereocenters. The van der Waals surface area contributed by atoms with Crippen LogP contribution in [-0.2, 0) is 4.74 Å². The van der Waals surface area contributed by atoms with E-state index in [0.717, 1.165) is 6.20 Å². The second kappa shape index (κ2) is 6.47. The first-order valence-corrected chi connectivity index (χ1v) is 6.23. The van der Waals surface area contributed by atoms with E-state index in [-0.39, 0.29) is 11.3 Å². The minimum atomic E-state index is -0.463. The molecule has 2 aromatic rings. The van der Waals surface area contributed by atoms with Gasteiger partial charge in [-0.2, -0.15) is 0 Å². The van der Waals surface area contributed by atoms with Crippen molar-refractivity contribution < 1.29 is 14.3 Å². The van der Waals surface area contributed by atoms with Gasteiger partial charge in [-0.3, -0.25) is 9.59 Å². The van der Waals surface area contributed by atoms with Crippen LogP contribution in [0.5, 0.6) is 0 Å². The van der Waals surface area contributed by atoms with Gasteiger partial charge in [0.15, 0.2) is 0 Å². The second-order valence-corrected chi connectivity index (χ2v) is 4.05. The summed E-state index contributed by atoms with van der Waals surface area (Å²) in [6, 6.07) is 6.26. The van der Waals surface area contributed by atoms with E-state index in [0.29, 0.717) is 17.9 Å². The number of esters is 1. The smallest absolute Gasteiger partial charge is 0.338 e. The highest BCUT2D eigenvalue weighted by molar-refractivity contribution is 6.02. The van der Waals surface area contributed by atoms with Gasteiger partial charge in [0.05, 0.1) is 18.4 Å². The van der Waals surface area contributed by atoms with Gasteiger partial charge < -0.3 is 15.0 Å². The van der Waals surface area contributed by atoms with Crippen molar-refractivity contribution in [2.24, 2.45) is 0 Å². The molecular formula is C14H13N3O4. The Morgan fingerprint density at radius 2 is 2.00 bits per heavy atom. The lowest BCUT2D eigenvalue weighted by Crippen LogP contribution is -2.17. The molecule has 0 fully saturated rings. The first-order valence-electron chi connectivity index (χ1n) is 6.23. The molecular weight excluding hydrogens is 274 g/mol. The normalized spacial score (nSPS) is 9.95. The topological polar surface area (TPSA) is 101 Å². The minimum Gasteiger partial charge on any atom is -0.462 e. The standard InChI is InChI=1S/C14H13N3O4/c1-2-21-14(20)9-3-5-10(6-4-9)17-13(19)11-7-16-12(18)8-15-11/h3-8H,2H2,1H3,(H,16,18)(H,17,19). The molecule has 2 rings (SSSR count). The number of hydrogen-bond acceptors (Lipinski definition) is 5. The van der Waals surface area contributed by atoms with Crippen LogP contribution in [0.25, 0.3) is 0 Å². The number of carbonyl (C=O) groups is 2. The van der Waals surface area contributed by atoms with Gasteiger partial charge in [-0.05, 0) is 31.2 Å². The first kappa shape index (κ1) is 14.4. The van der Waals surface area contributed by atoms with Gasteiger partial charge in [0.1, 0.15) is 5.69 Å². The SMILES string of the molecule is CCOC(=O)c1ccc(NC(=O)c2c[nH]c(=O)cn2)cc1. The molecule has 2 N–H and O–H groups in total. The molecule has 1 aromatic heterocycles. The zero-order valence-electron chi connectivity index (χ0n) is 11.3. The third-order valence-electron chi connectivity index (χ3n) is 2.56. The number of aromatic nitrogens is 2. The van der Waals surface area contributed by atoms with Crippen LogP contribution >= 0.6 is 0 Å². The Kier molecular flexibility index (Phi) is 4.45. The maximum Gasteiger partial charge on any atom is 0.338 e. The summed E-state index contributed by atoms with van der Waals surface area (Å²) < 4.78 is 4.86. The number of hydrogen-bond donors (Lipinski definition) is 2. The number of H-pyrrole nitrogens is 1. The van der Waals surface area contributed by atoms with Crippen molar-refractivity contribution in [2.45, 2.75) is 6.92 Å². The molecule has 1 heterocycles. The van der Waals surface area contributed by atoms with E-state index in [1.165, 1.54) is 6.20 Å². The van der Waals surface area contributed by atoms with Crippen molar-refractivity contribution in [3.05, 3.63) is 58.3 Å². The highest BCUT2D eigenvalue weighted by atomic mass is 16.5. The van der Waals surface area contributed by atoms with Crippen LogP contribution in [0.15, 0.2) is 41.5 Å². The monoisotopic (exact) mass is 287 g/mol. The number of ether oxygens (including phenoxy) is 1. The fourth-order valence-electron chi connectivity index (χ4n) is 1.57. The van der Waals surface area contributed by atoms with E-state index < -0.39 is 11.9 Å². The number of nitrogens with zero attached hydrogens (tertiary/aromatic N) is 1. The quantitative estimate of drug-likeness (QED) is 0.823. The van der Waals surface area contributed by atoms with Gasteiger partial charge in [-0.15, -0.1) is 0 Å². The number of anilines is 1. The number of nitrogens with one attached hydrogen (secondary N) is 2. The van der Waals surface area contributed by atoms with Crippen molar-refractivity contribution in [3.63, 3.8) is 0 Å². The van der Waals surface area contributed by atoms with E-state index in [4.69, 9.17) is 4.74 Å². The van der Waals surface area contributed by atoms with E-state index in [2.05, 4.69) is 15.3 Å². The second-order valence-electron chi connectivity index (χ2n) is 4.05. The molecule has 7 nitrogen and oxygen atoms in total. The largest absolute Gasteiger partial charge is 0.462 e. The number of benzene rings is 1. The number of rotatable bonds is 4. The zero-order chi connectivity index (χ0) is 15.2. The predicted octanol–water partition coefficient (Wildman–Crippen LogP) is 1.20. The van der Waals surface area contributed by atoms with E-state index in [1.54, 1.807) is 31.2 Å². The summed E-state index contributed by atoms with van der Waals surface area (Å²) in [5.41, 5.74) is 0.604.